The monoisotopic (exact) mass is 521 g/mol. The van der Waals surface area contributed by atoms with E-state index in [1.54, 1.807) is 0 Å². The predicted molar refractivity (Wildman–Crippen MR) is 146 cm³/mol. The van der Waals surface area contributed by atoms with E-state index < -0.39 is 0 Å². The number of rotatable bonds is 10. The second-order valence-corrected chi connectivity index (χ2v) is 10.3. The quantitative estimate of drug-likeness (QED) is 0.334. The van der Waals surface area contributed by atoms with Gasteiger partial charge in [0.15, 0.2) is 0 Å². The van der Waals surface area contributed by atoms with Crippen molar-refractivity contribution in [2.75, 3.05) is 26.8 Å². The van der Waals surface area contributed by atoms with Crippen molar-refractivity contribution in [3.05, 3.63) is 87.9 Å². The Labute approximate surface area is 213 Å². The molecule has 0 radical (unpaired) electrons. The number of likely N-dealkylation sites (tertiary alicyclic amines) is 1. The summed E-state index contributed by atoms with van der Waals surface area (Å²) in [5.74, 6) is 0.931. The molecule has 1 N–H and O–H groups in total. The first-order chi connectivity index (χ1) is 16.7. The standard InChI is InChI=1S/C30H36BrNO2/c1-32-20-5-9-27(32)19-22-34-28-17-13-25(14-18-28)30(24-11-15-26(31)16-12-24)29(10-6-21-33)23-7-3-2-4-8-23/h2-4,7-8,11,13-15,17-18,27,33H,5-6,9-10,12,16,19-22H2,1H3/b30-29-/t27-/m1/s1. The van der Waals surface area contributed by atoms with Crippen molar-refractivity contribution in [3.8, 4) is 5.75 Å². The molecule has 180 valence electrons. The molecule has 1 saturated heterocycles. The van der Waals surface area contributed by atoms with Crippen molar-refractivity contribution in [1.29, 1.82) is 0 Å². The van der Waals surface area contributed by atoms with Crippen molar-refractivity contribution in [1.82, 2.24) is 4.90 Å². The third kappa shape index (κ3) is 6.50. The summed E-state index contributed by atoms with van der Waals surface area (Å²) in [5.41, 5.74) is 6.36. The van der Waals surface area contributed by atoms with Gasteiger partial charge in [-0.25, -0.2) is 0 Å². The Morgan fingerprint density at radius 3 is 2.47 bits per heavy atom. The molecule has 1 atom stereocenters. The van der Waals surface area contributed by atoms with E-state index in [9.17, 15) is 5.11 Å². The lowest BCUT2D eigenvalue weighted by Crippen LogP contribution is -2.26. The van der Waals surface area contributed by atoms with Gasteiger partial charge in [0, 0.05) is 12.6 Å². The van der Waals surface area contributed by atoms with E-state index in [0.29, 0.717) is 6.04 Å². The van der Waals surface area contributed by atoms with E-state index in [2.05, 4.69) is 94.6 Å². The fourth-order valence-corrected chi connectivity index (χ4v) is 5.39. The maximum absolute atomic E-state index is 9.60. The maximum atomic E-state index is 9.60. The first-order valence-electron chi connectivity index (χ1n) is 12.5. The summed E-state index contributed by atoms with van der Waals surface area (Å²) < 4.78 is 7.35. The number of hydrogen-bond acceptors (Lipinski definition) is 3. The van der Waals surface area contributed by atoms with Gasteiger partial charge in [0.2, 0.25) is 0 Å². The Kier molecular flexibility index (Phi) is 9.20. The summed E-state index contributed by atoms with van der Waals surface area (Å²) >= 11 is 3.65. The fraction of sp³-hybridized carbons (Fsp3) is 0.400. The summed E-state index contributed by atoms with van der Waals surface area (Å²) in [6.45, 7) is 2.15. The van der Waals surface area contributed by atoms with Crippen LogP contribution in [0.5, 0.6) is 5.75 Å². The Bertz CT molecular complexity index is 1020. The summed E-state index contributed by atoms with van der Waals surface area (Å²) in [6, 6.07) is 19.9. The molecule has 4 rings (SSSR count). The van der Waals surface area contributed by atoms with Gasteiger partial charge < -0.3 is 14.7 Å². The highest BCUT2D eigenvalue weighted by Crippen LogP contribution is 2.40. The van der Waals surface area contributed by atoms with E-state index in [1.807, 2.05) is 0 Å². The molecule has 1 aliphatic heterocycles. The second kappa shape index (κ2) is 12.5. The lowest BCUT2D eigenvalue weighted by atomic mass is 9.84. The lowest BCUT2D eigenvalue weighted by molar-refractivity contribution is 0.233. The molecular weight excluding hydrogens is 486 g/mol. The van der Waals surface area contributed by atoms with Gasteiger partial charge in [-0.2, -0.15) is 0 Å². The van der Waals surface area contributed by atoms with Crippen LogP contribution in [0.1, 0.15) is 56.1 Å². The highest BCUT2D eigenvalue weighted by molar-refractivity contribution is 9.11. The van der Waals surface area contributed by atoms with Crippen LogP contribution >= 0.6 is 15.9 Å². The van der Waals surface area contributed by atoms with E-state index in [-0.39, 0.29) is 6.61 Å². The number of aliphatic hydroxyl groups is 1. The third-order valence-corrected chi connectivity index (χ3v) is 7.62. The zero-order valence-corrected chi connectivity index (χ0v) is 21.8. The first-order valence-corrected chi connectivity index (χ1v) is 13.3. The molecule has 0 amide bonds. The van der Waals surface area contributed by atoms with Crippen LogP contribution in [0.3, 0.4) is 0 Å². The molecule has 34 heavy (non-hydrogen) atoms. The predicted octanol–water partition coefficient (Wildman–Crippen LogP) is 7.23. The fourth-order valence-electron chi connectivity index (χ4n) is 5.06. The Balaban J connectivity index is 1.61. The van der Waals surface area contributed by atoms with Gasteiger partial charge in [0.25, 0.3) is 0 Å². The largest absolute Gasteiger partial charge is 0.494 e. The van der Waals surface area contributed by atoms with Crippen LogP contribution in [-0.2, 0) is 0 Å². The van der Waals surface area contributed by atoms with Gasteiger partial charge in [0.05, 0.1) is 6.61 Å². The number of ether oxygens (including phenoxy) is 1. The van der Waals surface area contributed by atoms with Crippen LogP contribution in [0.2, 0.25) is 0 Å². The van der Waals surface area contributed by atoms with Crippen molar-refractivity contribution < 1.29 is 9.84 Å². The molecule has 3 nitrogen and oxygen atoms in total. The van der Waals surface area contributed by atoms with Gasteiger partial charge in [-0.1, -0.05) is 70.5 Å². The number of aliphatic hydroxyl groups excluding tert-OH is 1. The number of nitrogens with zero attached hydrogens (tertiary/aromatic N) is 1. The summed E-state index contributed by atoms with van der Waals surface area (Å²) in [5, 5.41) is 9.60. The highest BCUT2D eigenvalue weighted by Gasteiger charge is 2.21. The molecule has 2 aliphatic rings. The topological polar surface area (TPSA) is 32.7 Å². The molecule has 1 aliphatic carbocycles. The summed E-state index contributed by atoms with van der Waals surface area (Å²) in [6.07, 6.45) is 11.7. The van der Waals surface area contributed by atoms with Crippen LogP contribution in [0, 0.1) is 0 Å². The molecule has 0 spiro atoms. The molecule has 0 aromatic heterocycles. The van der Waals surface area contributed by atoms with Gasteiger partial charge in [-0.3, -0.25) is 0 Å². The van der Waals surface area contributed by atoms with Crippen molar-refractivity contribution in [2.45, 2.75) is 51.0 Å². The lowest BCUT2D eigenvalue weighted by Gasteiger charge is -2.22. The van der Waals surface area contributed by atoms with Gasteiger partial charge in [-0.15, -0.1) is 0 Å². The number of halogens is 1. The smallest absolute Gasteiger partial charge is 0.119 e. The first kappa shape index (κ1) is 25.0. The Hall–Kier alpha value is -2.14. The molecule has 1 fully saturated rings. The zero-order chi connectivity index (χ0) is 23.8. The third-order valence-electron chi connectivity index (χ3n) is 6.96. The van der Waals surface area contributed by atoms with Crippen molar-refractivity contribution in [2.24, 2.45) is 0 Å². The molecule has 0 unspecified atom stereocenters. The summed E-state index contributed by atoms with van der Waals surface area (Å²) in [7, 11) is 2.22. The Morgan fingerprint density at radius 1 is 1.03 bits per heavy atom. The zero-order valence-electron chi connectivity index (χ0n) is 20.2. The molecule has 2 aromatic carbocycles. The van der Waals surface area contributed by atoms with Gasteiger partial charge in [-0.05, 0) is 103 Å². The summed E-state index contributed by atoms with van der Waals surface area (Å²) in [4.78, 5) is 2.45. The second-order valence-electron chi connectivity index (χ2n) is 9.29. The molecule has 2 aromatic rings. The molecule has 0 saturated carbocycles. The van der Waals surface area contributed by atoms with Gasteiger partial charge in [0.1, 0.15) is 5.75 Å². The number of allylic oxidation sites excluding steroid dienone is 6. The average molecular weight is 523 g/mol. The molecule has 1 heterocycles. The maximum Gasteiger partial charge on any atom is 0.119 e. The van der Waals surface area contributed by atoms with Crippen LogP contribution < -0.4 is 4.74 Å². The minimum atomic E-state index is 0.192. The van der Waals surface area contributed by atoms with E-state index in [1.165, 1.54) is 51.7 Å². The minimum Gasteiger partial charge on any atom is -0.494 e. The molecule has 4 heteroatoms. The van der Waals surface area contributed by atoms with Gasteiger partial charge >= 0.3 is 0 Å². The van der Waals surface area contributed by atoms with E-state index >= 15 is 0 Å². The van der Waals surface area contributed by atoms with Crippen LogP contribution in [0.15, 0.2) is 76.8 Å². The van der Waals surface area contributed by atoms with Crippen LogP contribution in [0.25, 0.3) is 11.1 Å². The highest BCUT2D eigenvalue weighted by atomic mass is 79.9. The molecular formula is C30H36BrNO2. The van der Waals surface area contributed by atoms with Crippen molar-refractivity contribution >= 4 is 27.1 Å². The van der Waals surface area contributed by atoms with Crippen LogP contribution in [0.4, 0.5) is 0 Å². The Morgan fingerprint density at radius 2 is 1.82 bits per heavy atom. The van der Waals surface area contributed by atoms with Crippen molar-refractivity contribution in [3.63, 3.8) is 0 Å². The normalized spacial score (nSPS) is 19.4. The van der Waals surface area contributed by atoms with Crippen LogP contribution in [-0.4, -0.2) is 42.9 Å². The average Bonchev–Trinajstić information content (AvgIpc) is 3.28. The SMILES string of the molecule is CN1CCC[C@@H]1CCOc1ccc(/C(C2=CC=C(Br)CC2)=C(/CCCO)c2ccccc2)cc1. The number of hydrogen-bond donors (Lipinski definition) is 1. The minimum absolute atomic E-state index is 0.192. The van der Waals surface area contributed by atoms with E-state index in [4.69, 9.17) is 4.74 Å². The van der Waals surface area contributed by atoms with E-state index in [0.717, 1.165) is 44.5 Å². The molecule has 0 bridgehead atoms. The number of benzene rings is 2.